The molecule has 0 aliphatic heterocycles. The fourth-order valence-electron chi connectivity index (χ4n) is 1.07. The molecule has 0 amide bonds. The molecule has 0 atom stereocenters. The van der Waals surface area contributed by atoms with Gasteiger partial charge in [0.1, 0.15) is 7.05 Å². The molecule has 0 saturated carbocycles. The summed E-state index contributed by atoms with van der Waals surface area (Å²) in [6, 6.07) is 0. The van der Waals surface area contributed by atoms with Crippen LogP contribution in [0, 0.1) is 13.8 Å². The molecule has 0 N–H and O–H groups in total. The highest BCUT2D eigenvalue weighted by atomic mass is 35.5. The number of nitrogens with zero attached hydrogens (tertiary/aromatic N) is 1. The Labute approximate surface area is 66.3 Å². The van der Waals surface area contributed by atoms with Gasteiger partial charge in [-0.1, -0.05) is 11.6 Å². The van der Waals surface area contributed by atoms with Gasteiger partial charge in [0, 0.05) is 11.1 Å². The van der Waals surface area contributed by atoms with Crippen LogP contribution in [0.1, 0.15) is 11.1 Å². The van der Waals surface area contributed by atoms with Gasteiger partial charge in [-0.2, -0.15) is 0 Å². The molecule has 0 unspecified atom stereocenters. The Morgan fingerprint density at radius 2 is 1.60 bits per heavy atom. The highest BCUT2D eigenvalue weighted by Gasteiger charge is 2.03. The van der Waals surface area contributed by atoms with Crippen molar-refractivity contribution in [3.05, 3.63) is 28.5 Å². The summed E-state index contributed by atoms with van der Waals surface area (Å²) < 4.78 is 2.01. The van der Waals surface area contributed by atoms with Gasteiger partial charge in [-0.3, -0.25) is 0 Å². The Morgan fingerprint density at radius 1 is 1.20 bits per heavy atom. The number of rotatable bonds is 0. The molecule has 0 aliphatic rings. The Balaban J connectivity index is 3.31. The quantitative estimate of drug-likeness (QED) is 0.505. The Hall–Kier alpha value is -0.560. The maximum atomic E-state index is 5.94. The molecule has 0 aliphatic carbocycles. The molecule has 2 heteroatoms. The van der Waals surface area contributed by atoms with Crippen LogP contribution in [0.2, 0.25) is 5.02 Å². The molecule has 0 fully saturated rings. The van der Waals surface area contributed by atoms with E-state index in [-0.39, 0.29) is 0 Å². The van der Waals surface area contributed by atoms with Gasteiger partial charge in [0.15, 0.2) is 12.4 Å². The minimum atomic E-state index is 0.873. The summed E-state index contributed by atoms with van der Waals surface area (Å²) in [5, 5.41) is 0.873. The predicted octanol–water partition coefficient (Wildman–Crippen LogP) is 1.78. The molecule has 0 aromatic carbocycles. The van der Waals surface area contributed by atoms with Crippen molar-refractivity contribution in [3.63, 3.8) is 0 Å². The van der Waals surface area contributed by atoms with Crippen molar-refractivity contribution in [1.82, 2.24) is 0 Å². The van der Waals surface area contributed by atoms with Crippen LogP contribution in [-0.4, -0.2) is 0 Å². The van der Waals surface area contributed by atoms with Gasteiger partial charge in [-0.15, -0.1) is 0 Å². The van der Waals surface area contributed by atoms with Crippen molar-refractivity contribution in [1.29, 1.82) is 0 Å². The predicted molar refractivity (Wildman–Crippen MR) is 42.1 cm³/mol. The Kier molecular flexibility index (Phi) is 1.95. The molecule has 0 spiro atoms. The zero-order valence-corrected chi connectivity index (χ0v) is 7.24. The van der Waals surface area contributed by atoms with Gasteiger partial charge in [0.25, 0.3) is 0 Å². The highest BCUT2D eigenvalue weighted by molar-refractivity contribution is 6.31. The largest absolute Gasteiger partial charge is 0.207 e. The van der Waals surface area contributed by atoms with E-state index in [1.54, 1.807) is 0 Å². The van der Waals surface area contributed by atoms with Crippen LogP contribution in [0.3, 0.4) is 0 Å². The maximum absolute atomic E-state index is 5.94. The zero-order chi connectivity index (χ0) is 7.72. The second-order valence-electron chi connectivity index (χ2n) is 2.60. The van der Waals surface area contributed by atoms with Gasteiger partial charge >= 0.3 is 0 Å². The molecular weight excluding hydrogens is 146 g/mol. The molecule has 10 heavy (non-hydrogen) atoms. The lowest BCUT2D eigenvalue weighted by molar-refractivity contribution is -0.672. The molecule has 1 heterocycles. The smallest absolute Gasteiger partial charge is 0.172 e. The summed E-state index contributed by atoms with van der Waals surface area (Å²) in [6.45, 7) is 4.02. The summed E-state index contributed by atoms with van der Waals surface area (Å²) in [5.74, 6) is 0. The summed E-state index contributed by atoms with van der Waals surface area (Å²) in [4.78, 5) is 0. The topological polar surface area (TPSA) is 3.88 Å². The van der Waals surface area contributed by atoms with Crippen molar-refractivity contribution in [2.75, 3.05) is 0 Å². The minimum absolute atomic E-state index is 0.873. The minimum Gasteiger partial charge on any atom is -0.207 e. The summed E-state index contributed by atoms with van der Waals surface area (Å²) >= 11 is 5.94. The monoisotopic (exact) mass is 156 g/mol. The van der Waals surface area contributed by atoms with Crippen LogP contribution >= 0.6 is 11.6 Å². The second kappa shape index (κ2) is 2.59. The third-order valence-corrected chi connectivity index (χ3v) is 2.08. The van der Waals surface area contributed by atoms with Crippen LogP contribution in [0.15, 0.2) is 12.4 Å². The van der Waals surface area contributed by atoms with Gasteiger partial charge < -0.3 is 0 Å². The first-order valence-electron chi connectivity index (χ1n) is 3.23. The van der Waals surface area contributed by atoms with Crippen LogP contribution in [0.25, 0.3) is 0 Å². The van der Waals surface area contributed by atoms with Gasteiger partial charge in [-0.25, -0.2) is 4.57 Å². The SMILES string of the molecule is Cc1c[n+](C)cc(C)c1Cl. The maximum Gasteiger partial charge on any atom is 0.172 e. The fourth-order valence-corrected chi connectivity index (χ4v) is 1.17. The van der Waals surface area contributed by atoms with E-state index < -0.39 is 0 Å². The van der Waals surface area contributed by atoms with E-state index in [0.29, 0.717) is 0 Å². The molecule has 1 nitrogen and oxygen atoms in total. The molecule has 1 aromatic heterocycles. The van der Waals surface area contributed by atoms with E-state index >= 15 is 0 Å². The van der Waals surface area contributed by atoms with Gasteiger partial charge in [-0.05, 0) is 13.8 Å². The third-order valence-electron chi connectivity index (χ3n) is 1.49. The average Bonchev–Trinajstić information content (AvgIpc) is 1.82. The van der Waals surface area contributed by atoms with E-state index in [4.69, 9.17) is 11.6 Å². The first kappa shape index (κ1) is 7.55. The molecule has 54 valence electrons. The van der Waals surface area contributed by atoms with E-state index in [9.17, 15) is 0 Å². The number of halogens is 1. The number of hydrogen-bond acceptors (Lipinski definition) is 0. The van der Waals surface area contributed by atoms with Gasteiger partial charge in [0.2, 0.25) is 0 Å². The zero-order valence-electron chi connectivity index (χ0n) is 6.48. The lowest BCUT2D eigenvalue weighted by Gasteiger charge is -1.97. The van der Waals surface area contributed by atoms with Crippen LogP contribution in [0.4, 0.5) is 0 Å². The molecule has 0 saturated heterocycles. The van der Waals surface area contributed by atoms with E-state index in [2.05, 4.69) is 0 Å². The van der Waals surface area contributed by atoms with Crippen LogP contribution in [0.5, 0.6) is 0 Å². The van der Waals surface area contributed by atoms with E-state index in [0.717, 1.165) is 16.1 Å². The summed E-state index contributed by atoms with van der Waals surface area (Å²) in [6.07, 6.45) is 4.02. The lowest BCUT2D eigenvalue weighted by Crippen LogP contribution is -2.27. The summed E-state index contributed by atoms with van der Waals surface area (Å²) in [7, 11) is 2.00. The van der Waals surface area contributed by atoms with Crippen molar-refractivity contribution in [3.8, 4) is 0 Å². The standard InChI is InChI=1S/C8H11ClN/c1-6-4-10(3)5-7(2)8(6)9/h4-5H,1-3H3/q+1. The van der Waals surface area contributed by atoms with Crippen molar-refractivity contribution in [2.45, 2.75) is 13.8 Å². The first-order chi connectivity index (χ1) is 4.61. The Bertz CT molecular complexity index is 232. The average molecular weight is 157 g/mol. The van der Waals surface area contributed by atoms with Crippen LogP contribution in [-0.2, 0) is 7.05 Å². The first-order valence-corrected chi connectivity index (χ1v) is 3.61. The fraction of sp³-hybridized carbons (Fsp3) is 0.375. The number of pyridine rings is 1. The molecule has 0 radical (unpaired) electrons. The number of aromatic nitrogens is 1. The molecule has 1 rings (SSSR count). The van der Waals surface area contributed by atoms with Crippen molar-refractivity contribution < 1.29 is 4.57 Å². The van der Waals surface area contributed by atoms with Crippen molar-refractivity contribution >= 4 is 11.6 Å². The normalized spacial score (nSPS) is 10.0. The number of aryl methyl sites for hydroxylation is 3. The highest BCUT2D eigenvalue weighted by Crippen LogP contribution is 2.16. The third kappa shape index (κ3) is 1.29. The summed E-state index contributed by atoms with van der Waals surface area (Å²) in [5.41, 5.74) is 2.26. The Morgan fingerprint density at radius 3 is 2.00 bits per heavy atom. The molecular formula is C8H11ClN+. The van der Waals surface area contributed by atoms with E-state index in [1.165, 1.54) is 0 Å². The lowest BCUT2D eigenvalue weighted by atomic mass is 10.2. The second-order valence-corrected chi connectivity index (χ2v) is 2.98. The molecule has 0 bridgehead atoms. The van der Waals surface area contributed by atoms with Crippen LogP contribution < -0.4 is 4.57 Å². The molecule has 1 aromatic rings. The van der Waals surface area contributed by atoms with Crippen molar-refractivity contribution in [2.24, 2.45) is 7.05 Å². The van der Waals surface area contributed by atoms with Gasteiger partial charge in [0.05, 0.1) is 5.02 Å². The van der Waals surface area contributed by atoms with E-state index in [1.807, 2.05) is 37.9 Å². The number of hydrogen-bond donors (Lipinski definition) is 0.